The number of aromatic nitrogens is 2. The van der Waals surface area contributed by atoms with Crippen molar-refractivity contribution < 1.29 is 33.4 Å². The number of benzene rings is 2. The van der Waals surface area contributed by atoms with Gasteiger partial charge in [0.05, 0.1) is 47.4 Å². The number of hydrazine groups is 1. The van der Waals surface area contributed by atoms with Crippen LogP contribution in [-0.4, -0.2) is 82.2 Å². The first-order chi connectivity index (χ1) is 24.4. The first-order valence-corrected chi connectivity index (χ1v) is 16.3. The highest BCUT2D eigenvalue weighted by Crippen LogP contribution is 2.40. The molecule has 2 fully saturated rings. The van der Waals surface area contributed by atoms with Crippen LogP contribution in [0.15, 0.2) is 59.8 Å². The van der Waals surface area contributed by atoms with E-state index in [9.17, 15) is 28.8 Å². The van der Waals surface area contributed by atoms with Crippen molar-refractivity contribution in [2.45, 2.75) is 32.4 Å². The molecular weight excluding hydrogens is 658 g/mol. The van der Waals surface area contributed by atoms with Gasteiger partial charge in [-0.25, -0.2) is 0 Å². The number of rotatable bonds is 9. The third-order valence-electron chi connectivity index (χ3n) is 9.76. The van der Waals surface area contributed by atoms with Crippen LogP contribution in [0.5, 0.6) is 11.5 Å². The number of nitrogens with zero attached hydrogens (tertiary/aromatic N) is 4. The first kappa shape index (κ1) is 33.4. The number of amides is 5. The van der Waals surface area contributed by atoms with Crippen LogP contribution in [-0.2, 0) is 28.0 Å². The summed E-state index contributed by atoms with van der Waals surface area (Å²) < 4.78 is 13.1. The summed E-state index contributed by atoms with van der Waals surface area (Å²) in [5.74, 6) is -1.62. The van der Waals surface area contributed by atoms with Gasteiger partial charge in [0, 0.05) is 57.3 Å². The minimum atomic E-state index is -1.10. The second-order valence-electron chi connectivity index (χ2n) is 13.2. The fourth-order valence-corrected chi connectivity index (χ4v) is 7.15. The molecule has 2 saturated heterocycles. The summed E-state index contributed by atoms with van der Waals surface area (Å²) in [5, 5.41) is 3.44. The van der Waals surface area contributed by atoms with Crippen LogP contribution in [0.3, 0.4) is 0 Å². The van der Waals surface area contributed by atoms with Crippen LogP contribution < -0.4 is 31.2 Å². The molecule has 262 valence electrons. The third kappa shape index (κ3) is 5.64. The van der Waals surface area contributed by atoms with Crippen LogP contribution in [0.1, 0.15) is 46.0 Å². The van der Waals surface area contributed by atoms with Gasteiger partial charge in [-0.15, -0.1) is 0 Å². The van der Waals surface area contributed by atoms with Gasteiger partial charge in [-0.05, 0) is 54.6 Å². The van der Waals surface area contributed by atoms with Crippen molar-refractivity contribution in [1.82, 2.24) is 30.1 Å². The van der Waals surface area contributed by atoms with E-state index >= 15 is 0 Å². The summed E-state index contributed by atoms with van der Waals surface area (Å²) >= 11 is 0. The van der Waals surface area contributed by atoms with Crippen molar-refractivity contribution in [2.75, 3.05) is 32.7 Å². The molecule has 0 radical (unpaired) electrons. The minimum Gasteiger partial charge on any atom is -0.496 e. The second-order valence-corrected chi connectivity index (χ2v) is 13.2. The van der Waals surface area contributed by atoms with Gasteiger partial charge in [-0.3, -0.25) is 59.7 Å². The Balaban J connectivity index is 1.04. The van der Waals surface area contributed by atoms with Gasteiger partial charge in [0.15, 0.2) is 0 Å². The van der Waals surface area contributed by atoms with Crippen LogP contribution in [0, 0.1) is 5.41 Å². The van der Waals surface area contributed by atoms with E-state index in [2.05, 4.69) is 26.1 Å². The van der Waals surface area contributed by atoms with Crippen LogP contribution in [0.4, 0.5) is 5.69 Å². The highest BCUT2D eigenvalue weighted by Gasteiger charge is 2.47. The van der Waals surface area contributed by atoms with Crippen LogP contribution >= 0.6 is 0 Å². The normalized spacial score (nSPS) is 18.3. The number of carbonyl (C=O) groups excluding carboxylic acids is 5. The molecule has 7 rings (SSSR count). The molecule has 5 amide bonds. The molecule has 1 unspecified atom stereocenters. The van der Waals surface area contributed by atoms with E-state index in [1.165, 1.54) is 10.6 Å². The maximum Gasteiger partial charge on any atom is 0.264 e. The Kier molecular flexibility index (Phi) is 8.29. The van der Waals surface area contributed by atoms with Crippen LogP contribution in [0.2, 0.25) is 0 Å². The Morgan fingerprint density at radius 1 is 1.00 bits per heavy atom. The summed E-state index contributed by atoms with van der Waals surface area (Å²) in [6.45, 7) is 3.06. The highest BCUT2D eigenvalue weighted by molar-refractivity contribution is 6.25. The van der Waals surface area contributed by atoms with E-state index in [4.69, 9.17) is 9.47 Å². The SMILES string of the molecule is COc1cc(-c2cn(C)c(=O)c3cnccc23)cc(OC)c1CN1CC(C)(C(=O)NNc2cccc3c2C(=O)N(C2CCC(=O)NC2=O)C3=O)C1. The molecule has 51 heavy (non-hydrogen) atoms. The Bertz CT molecular complexity index is 2200. The fraction of sp³-hybridized carbons (Fsp3) is 0.306. The zero-order valence-electron chi connectivity index (χ0n) is 28.4. The number of imide groups is 2. The van der Waals surface area contributed by atoms with E-state index < -0.39 is 35.1 Å². The fourth-order valence-electron chi connectivity index (χ4n) is 7.15. The molecule has 3 aliphatic rings. The Labute approximate surface area is 291 Å². The number of likely N-dealkylation sites (tertiary alicyclic amines) is 1. The number of hydrogen-bond donors (Lipinski definition) is 3. The molecule has 3 aliphatic heterocycles. The summed E-state index contributed by atoms with van der Waals surface area (Å²) in [5.41, 5.74) is 7.34. The number of fused-ring (bicyclic) bond motifs is 2. The second kappa shape index (κ2) is 12.7. The van der Waals surface area contributed by atoms with Crippen LogP contribution in [0.25, 0.3) is 21.9 Å². The number of carbonyl (C=O) groups is 5. The van der Waals surface area contributed by atoms with Gasteiger partial charge in [0.25, 0.3) is 17.4 Å². The number of aryl methyl sites for hydroxylation is 1. The molecule has 15 heteroatoms. The monoisotopic (exact) mass is 693 g/mol. The predicted octanol–water partition coefficient (Wildman–Crippen LogP) is 1.98. The van der Waals surface area contributed by atoms with E-state index in [1.54, 1.807) is 58.1 Å². The molecule has 4 aromatic rings. The number of piperidine rings is 1. The smallest absolute Gasteiger partial charge is 0.264 e. The number of methoxy groups -OCH3 is 2. The van der Waals surface area contributed by atoms with Gasteiger partial charge in [0.2, 0.25) is 17.7 Å². The number of anilines is 1. The van der Waals surface area contributed by atoms with E-state index in [0.29, 0.717) is 36.5 Å². The molecule has 5 heterocycles. The van der Waals surface area contributed by atoms with Gasteiger partial charge >= 0.3 is 0 Å². The Morgan fingerprint density at radius 2 is 1.73 bits per heavy atom. The van der Waals surface area contributed by atoms with Crippen molar-refractivity contribution >= 4 is 46.0 Å². The molecule has 1 atom stereocenters. The van der Waals surface area contributed by atoms with Gasteiger partial charge in [-0.2, -0.15) is 0 Å². The Hall–Kier alpha value is -6.09. The topological polar surface area (TPSA) is 181 Å². The summed E-state index contributed by atoms with van der Waals surface area (Å²) in [4.78, 5) is 83.9. The molecule has 15 nitrogen and oxygen atoms in total. The van der Waals surface area contributed by atoms with E-state index in [-0.39, 0.29) is 41.1 Å². The summed E-state index contributed by atoms with van der Waals surface area (Å²) in [6.07, 6.45) is 5.03. The number of pyridine rings is 2. The quantitative estimate of drug-likeness (QED) is 0.172. The standard InChI is InChI=1S/C36H35N7O8/c1-36(35(49)40-39-25-7-5-6-21-30(25)34(48)43(33(21)47)26-8-9-29(44)38-31(26)45)17-42(18-36)16-24-27(50-3)12-19(13-28(24)51-4)23-15-41(2)32(46)22-14-37-11-10-20(22)23/h5-7,10-15,26,39H,8-9,16-18H2,1-4H3,(H,40,49)(H,38,44,45). The minimum absolute atomic E-state index is 0.0117. The summed E-state index contributed by atoms with van der Waals surface area (Å²) in [6, 6.07) is 9.12. The zero-order chi connectivity index (χ0) is 36.2. The molecule has 0 bridgehead atoms. The lowest BCUT2D eigenvalue weighted by molar-refractivity contribution is -0.140. The molecule has 2 aromatic heterocycles. The van der Waals surface area contributed by atoms with E-state index in [0.717, 1.165) is 27.0 Å². The van der Waals surface area contributed by atoms with Gasteiger partial charge in [0.1, 0.15) is 17.5 Å². The highest BCUT2D eigenvalue weighted by atomic mass is 16.5. The average molecular weight is 694 g/mol. The number of hydrogen-bond acceptors (Lipinski definition) is 11. The predicted molar refractivity (Wildman–Crippen MR) is 184 cm³/mol. The molecule has 0 aliphatic carbocycles. The molecular formula is C36H35N7O8. The van der Waals surface area contributed by atoms with Crippen molar-refractivity contribution in [3.05, 3.63) is 82.0 Å². The average Bonchev–Trinajstić information content (AvgIpc) is 3.37. The molecule has 2 aromatic carbocycles. The molecule has 0 spiro atoms. The van der Waals surface area contributed by atoms with Crippen molar-refractivity contribution in [1.29, 1.82) is 0 Å². The first-order valence-electron chi connectivity index (χ1n) is 16.3. The van der Waals surface area contributed by atoms with Crippen molar-refractivity contribution in [2.24, 2.45) is 12.5 Å². The summed E-state index contributed by atoms with van der Waals surface area (Å²) in [7, 11) is 4.85. The van der Waals surface area contributed by atoms with Gasteiger partial charge in [-0.1, -0.05) is 6.07 Å². The number of ether oxygens (including phenoxy) is 2. The maximum atomic E-state index is 13.4. The largest absolute Gasteiger partial charge is 0.496 e. The number of nitrogens with one attached hydrogen (secondary N) is 3. The van der Waals surface area contributed by atoms with Crippen molar-refractivity contribution in [3.8, 4) is 22.6 Å². The zero-order valence-corrected chi connectivity index (χ0v) is 28.4. The van der Waals surface area contributed by atoms with E-state index in [1.807, 2.05) is 19.1 Å². The maximum absolute atomic E-state index is 13.4. The lowest BCUT2D eigenvalue weighted by Crippen LogP contribution is -2.61. The van der Waals surface area contributed by atoms with Gasteiger partial charge < -0.3 is 14.0 Å². The Morgan fingerprint density at radius 3 is 2.41 bits per heavy atom. The molecule has 3 N–H and O–H groups in total. The van der Waals surface area contributed by atoms with Crippen molar-refractivity contribution in [3.63, 3.8) is 0 Å². The lowest BCUT2D eigenvalue weighted by atomic mass is 9.81. The molecule has 0 saturated carbocycles. The lowest BCUT2D eigenvalue weighted by Gasteiger charge is -2.46. The third-order valence-corrected chi connectivity index (χ3v) is 9.76.